The normalized spacial score (nSPS) is 12.8. The smallest absolute Gasteiger partial charge is 0.495 e. The molecule has 1 saturated heterocycles. The van der Waals surface area contributed by atoms with Gasteiger partial charge in [0.15, 0.2) is 0 Å². The number of carbonyl (C=O) groups is 1. The third-order valence-corrected chi connectivity index (χ3v) is 3.13. The standard InChI is InChI=1S/C12H17N3O3.3CH3.Ce/c1-18-11-8-9(2-3-10(11)13)14-4-6-15(7-5-14)12(16)17;;;;/h2-3,8H,4-7,13H2,1H3,(H,16,17);3*1H3;/q;3*-1;+3. The summed E-state index contributed by atoms with van der Waals surface area (Å²) in [6.07, 6.45) is -0.857. The van der Waals surface area contributed by atoms with Crippen LogP contribution in [0.15, 0.2) is 18.2 Å². The molecule has 1 radical (unpaired) electrons. The van der Waals surface area contributed by atoms with Crippen molar-refractivity contribution in [3.63, 3.8) is 0 Å². The number of nitrogen functional groups attached to an aromatic ring is 1. The van der Waals surface area contributed by atoms with Crippen molar-refractivity contribution in [1.29, 1.82) is 0 Å². The van der Waals surface area contributed by atoms with Gasteiger partial charge in [0.25, 0.3) is 0 Å². The molecule has 0 bridgehead atoms. The maximum atomic E-state index is 10.8. The summed E-state index contributed by atoms with van der Waals surface area (Å²) in [4.78, 5) is 14.4. The molecule has 1 heterocycles. The van der Waals surface area contributed by atoms with Crippen LogP contribution in [0.1, 0.15) is 0 Å². The molecule has 0 aromatic heterocycles. The van der Waals surface area contributed by atoms with E-state index in [0.29, 0.717) is 37.6 Å². The Hall–Kier alpha value is -0.733. The van der Waals surface area contributed by atoms with Crippen molar-refractivity contribution >= 4 is 17.5 Å². The summed E-state index contributed by atoms with van der Waals surface area (Å²) in [6, 6.07) is 5.61. The van der Waals surface area contributed by atoms with Gasteiger partial charge in [-0.2, -0.15) is 0 Å². The maximum absolute atomic E-state index is 10.8. The van der Waals surface area contributed by atoms with Gasteiger partial charge in [-0.1, -0.05) is 0 Å². The Kier molecular flexibility index (Phi) is 14.0. The molecular formula is C15H26CeN3O3. The average molecular weight is 437 g/mol. The quantitative estimate of drug-likeness (QED) is 0.550. The molecule has 123 valence electrons. The molecule has 1 aromatic carbocycles. The van der Waals surface area contributed by atoms with Gasteiger partial charge in [0.2, 0.25) is 0 Å². The molecule has 7 heteroatoms. The fourth-order valence-electron chi connectivity index (χ4n) is 2.05. The molecule has 0 saturated carbocycles. The largest absolute Gasteiger partial charge is 3.00 e. The number of ether oxygens (including phenoxy) is 1. The Bertz CT molecular complexity index is 450. The van der Waals surface area contributed by atoms with Crippen LogP contribution in [0, 0.1) is 64.0 Å². The number of piperazine rings is 1. The van der Waals surface area contributed by atoms with Gasteiger partial charge in [0.05, 0.1) is 12.8 Å². The van der Waals surface area contributed by atoms with Crippen LogP contribution in [0.3, 0.4) is 0 Å². The van der Waals surface area contributed by atoms with E-state index in [1.54, 1.807) is 13.2 Å². The van der Waals surface area contributed by atoms with Gasteiger partial charge in [-0.25, -0.2) is 4.79 Å². The fourth-order valence-corrected chi connectivity index (χ4v) is 2.05. The molecule has 1 fully saturated rings. The van der Waals surface area contributed by atoms with Crippen molar-refractivity contribution in [2.75, 3.05) is 43.9 Å². The average Bonchev–Trinajstić information content (AvgIpc) is 2.39. The molecule has 22 heavy (non-hydrogen) atoms. The van der Waals surface area contributed by atoms with Crippen LogP contribution in [-0.2, 0) is 0 Å². The van der Waals surface area contributed by atoms with Gasteiger partial charge in [0, 0.05) is 37.9 Å². The van der Waals surface area contributed by atoms with Crippen molar-refractivity contribution in [2.24, 2.45) is 0 Å². The van der Waals surface area contributed by atoms with E-state index >= 15 is 0 Å². The van der Waals surface area contributed by atoms with Gasteiger partial charge in [-0.3, -0.25) is 0 Å². The predicted molar refractivity (Wildman–Crippen MR) is 88.5 cm³/mol. The summed E-state index contributed by atoms with van der Waals surface area (Å²) in [5.41, 5.74) is 7.37. The molecular weight excluding hydrogens is 410 g/mol. The van der Waals surface area contributed by atoms with E-state index in [4.69, 9.17) is 15.6 Å². The van der Waals surface area contributed by atoms with Crippen LogP contribution in [0.2, 0.25) is 0 Å². The minimum atomic E-state index is -0.857. The van der Waals surface area contributed by atoms with Gasteiger partial charge in [0.1, 0.15) is 5.75 Å². The molecule has 0 aliphatic carbocycles. The summed E-state index contributed by atoms with van der Waals surface area (Å²) in [7, 11) is 1.58. The number of hydrogen-bond donors (Lipinski definition) is 2. The van der Waals surface area contributed by atoms with E-state index in [1.807, 2.05) is 12.1 Å². The first-order valence-electron chi connectivity index (χ1n) is 5.78. The first-order valence-corrected chi connectivity index (χ1v) is 5.78. The summed E-state index contributed by atoms with van der Waals surface area (Å²) in [5, 5.41) is 8.88. The van der Waals surface area contributed by atoms with E-state index in [0.717, 1.165) is 5.69 Å². The van der Waals surface area contributed by atoms with E-state index < -0.39 is 6.09 Å². The SMILES string of the molecule is COc1cc(N2CCN(C(=O)O)CC2)ccc1N.[CH3-].[CH3-].[CH3-].[Ce+3]. The molecule has 1 aliphatic heterocycles. The summed E-state index contributed by atoms with van der Waals surface area (Å²) in [6.45, 7) is 2.39. The third kappa shape index (κ3) is 6.17. The minimum absolute atomic E-state index is 0. The summed E-state index contributed by atoms with van der Waals surface area (Å²) >= 11 is 0. The number of hydrogen-bond acceptors (Lipinski definition) is 4. The third-order valence-electron chi connectivity index (χ3n) is 3.13. The number of methoxy groups -OCH3 is 1. The zero-order valence-electron chi connectivity index (χ0n) is 13.8. The maximum Gasteiger partial charge on any atom is 3.00 e. The fraction of sp³-hybridized carbons (Fsp3) is 0.333. The molecule has 0 spiro atoms. The second-order valence-electron chi connectivity index (χ2n) is 4.18. The van der Waals surface area contributed by atoms with Crippen molar-refractivity contribution in [1.82, 2.24) is 4.90 Å². The Labute approximate surface area is 168 Å². The predicted octanol–water partition coefficient (Wildman–Crippen LogP) is 2.43. The van der Waals surface area contributed by atoms with Gasteiger partial charge in [-0.05, 0) is 12.1 Å². The van der Waals surface area contributed by atoms with Gasteiger partial charge >= 0.3 is 47.8 Å². The van der Waals surface area contributed by atoms with Crippen molar-refractivity contribution in [3.8, 4) is 5.75 Å². The minimum Gasteiger partial charge on any atom is -0.495 e. The van der Waals surface area contributed by atoms with E-state index in [1.165, 1.54) is 4.90 Å². The Morgan fingerprint density at radius 2 is 1.73 bits per heavy atom. The zero-order valence-corrected chi connectivity index (χ0v) is 16.9. The van der Waals surface area contributed by atoms with Crippen LogP contribution in [-0.4, -0.2) is 49.4 Å². The molecule has 1 aromatic rings. The molecule has 3 N–H and O–H groups in total. The number of carboxylic acid groups (broad SMARTS) is 1. The van der Waals surface area contributed by atoms with Crippen LogP contribution >= 0.6 is 0 Å². The number of benzene rings is 1. The second kappa shape index (κ2) is 11.8. The van der Waals surface area contributed by atoms with Crippen molar-refractivity contribution < 1.29 is 56.4 Å². The van der Waals surface area contributed by atoms with Crippen LogP contribution in [0.25, 0.3) is 0 Å². The van der Waals surface area contributed by atoms with Crippen molar-refractivity contribution in [2.45, 2.75) is 0 Å². The first-order chi connectivity index (χ1) is 8.61. The van der Waals surface area contributed by atoms with Gasteiger partial charge < -0.3 is 47.7 Å². The number of rotatable bonds is 2. The zero-order chi connectivity index (χ0) is 13.1. The Morgan fingerprint density at radius 1 is 1.18 bits per heavy atom. The van der Waals surface area contributed by atoms with E-state index in [2.05, 4.69) is 4.90 Å². The number of nitrogens with zero attached hydrogens (tertiary/aromatic N) is 2. The number of nitrogens with two attached hydrogens (primary N) is 1. The summed E-state index contributed by atoms with van der Waals surface area (Å²) < 4.78 is 5.18. The molecule has 0 atom stereocenters. The van der Waals surface area contributed by atoms with Crippen LogP contribution < -0.4 is 15.4 Å². The number of amides is 1. The molecule has 1 aliphatic rings. The topological polar surface area (TPSA) is 79.0 Å². The van der Waals surface area contributed by atoms with Crippen molar-refractivity contribution in [3.05, 3.63) is 40.5 Å². The molecule has 2 rings (SSSR count). The van der Waals surface area contributed by atoms with Crippen LogP contribution in [0.4, 0.5) is 16.2 Å². The Morgan fingerprint density at radius 3 is 2.18 bits per heavy atom. The first kappa shape index (κ1) is 26.2. The summed E-state index contributed by atoms with van der Waals surface area (Å²) in [5.74, 6) is 0.646. The monoisotopic (exact) mass is 436 g/mol. The van der Waals surface area contributed by atoms with E-state index in [9.17, 15) is 4.79 Å². The molecule has 0 unspecified atom stereocenters. The second-order valence-corrected chi connectivity index (χ2v) is 4.18. The Balaban J connectivity index is -0.000000902. The van der Waals surface area contributed by atoms with Gasteiger partial charge in [-0.15, -0.1) is 0 Å². The number of anilines is 2. The van der Waals surface area contributed by atoms with E-state index in [-0.39, 0.29) is 64.0 Å². The molecule has 6 nitrogen and oxygen atoms in total. The van der Waals surface area contributed by atoms with Crippen LogP contribution in [0.5, 0.6) is 5.75 Å². The molecule has 1 amide bonds.